The molecule has 9 heavy (non-hydrogen) atoms. The molecule has 0 bridgehead atoms. The van der Waals surface area contributed by atoms with Gasteiger partial charge in [-0.25, -0.2) is 0 Å². The monoisotopic (exact) mass is 130 g/mol. The molecule has 0 spiro atoms. The van der Waals surface area contributed by atoms with Crippen molar-refractivity contribution in [2.45, 2.75) is 26.4 Å². The quantitative estimate of drug-likeness (QED) is 0.535. The van der Waals surface area contributed by atoms with Gasteiger partial charge in [0.05, 0.1) is 0 Å². The molecular weight excluding hydrogens is 116 g/mol. The molecule has 1 atom stereocenters. The smallest absolute Gasteiger partial charge is 0.148 e. The maximum Gasteiger partial charge on any atom is 0.148 e. The lowest BCUT2D eigenvalue weighted by molar-refractivity contribution is -0.117. The molecule has 0 fully saturated rings. The molecule has 0 heterocycles. The lowest BCUT2D eigenvalue weighted by atomic mass is 10.1. The van der Waals surface area contributed by atoms with Gasteiger partial charge >= 0.3 is 0 Å². The Morgan fingerprint density at radius 3 is 2.22 bits per heavy atom. The van der Waals surface area contributed by atoms with Crippen LogP contribution in [0.15, 0.2) is 0 Å². The van der Waals surface area contributed by atoms with Gasteiger partial charge in [-0.3, -0.25) is 0 Å². The van der Waals surface area contributed by atoms with Crippen LogP contribution in [0.5, 0.6) is 0 Å². The van der Waals surface area contributed by atoms with Gasteiger partial charge in [0.15, 0.2) is 0 Å². The van der Waals surface area contributed by atoms with Gasteiger partial charge in [-0.05, 0) is 12.3 Å². The number of carbonyl (C=O) groups excluding carboxylic acids is 1. The van der Waals surface area contributed by atoms with E-state index in [0.717, 1.165) is 12.7 Å². The molecule has 0 N–H and O–H groups in total. The van der Waals surface area contributed by atoms with Crippen LogP contribution in [0.1, 0.15) is 20.3 Å². The first kappa shape index (κ1) is 8.63. The molecule has 0 saturated heterocycles. The maximum atomic E-state index is 10.1. The van der Waals surface area contributed by atoms with Crippen molar-refractivity contribution >= 4 is 6.29 Å². The predicted octanol–water partition coefficient (Wildman–Crippen LogP) is 1.25. The fourth-order valence-electron chi connectivity index (χ4n) is 0.672. The Hall–Kier alpha value is -0.370. The van der Waals surface area contributed by atoms with Gasteiger partial charge in [0.2, 0.25) is 0 Å². The molecule has 0 amide bonds. The van der Waals surface area contributed by atoms with E-state index in [1.54, 1.807) is 7.11 Å². The molecule has 0 unspecified atom stereocenters. The van der Waals surface area contributed by atoms with E-state index in [4.69, 9.17) is 4.74 Å². The van der Waals surface area contributed by atoms with Crippen LogP contribution in [-0.2, 0) is 9.53 Å². The number of hydrogen-bond donors (Lipinski definition) is 0. The van der Waals surface area contributed by atoms with E-state index < -0.39 is 0 Å². The lowest BCUT2D eigenvalue weighted by Gasteiger charge is -2.09. The standard InChI is InChI=1S/C7H14O2/c1-6(2)4-7(5-8)9-3/h5-7H,4H2,1-3H3/t7-/m0/s1. The van der Waals surface area contributed by atoms with Gasteiger partial charge in [-0.1, -0.05) is 13.8 Å². The third kappa shape index (κ3) is 4.15. The minimum atomic E-state index is -0.204. The van der Waals surface area contributed by atoms with Gasteiger partial charge in [-0.2, -0.15) is 0 Å². The topological polar surface area (TPSA) is 26.3 Å². The molecule has 0 aromatic rings. The van der Waals surface area contributed by atoms with Crippen molar-refractivity contribution in [3.8, 4) is 0 Å². The Bertz CT molecular complexity index is 79.0. The van der Waals surface area contributed by atoms with Crippen molar-refractivity contribution in [3.63, 3.8) is 0 Å². The SMILES string of the molecule is CO[C@H](C=O)CC(C)C. The van der Waals surface area contributed by atoms with Gasteiger partial charge in [0.25, 0.3) is 0 Å². The van der Waals surface area contributed by atoms with Crippen molar-refractivity contribution in [1.82, 2.24) is 0 Å². The van der Waals surface area contributed by atoms with Crippen molar-refractivity contribution in [1.29, 1.82) is 0 Å². The first-order chi connectivity index (χ1) is 4.20. The summed E-state index contributed by atoms with van der Waals surface area (Å²) < 4.78 is 4.84. The van der Waals surface area contributed by atoms with Gasteiger partial charge < -0.3 is 9.53 Å². The Balaban J connectivity index is 3.42. The highest BCUT2D eigenvalue weighted by Crippen LogP contribution is 2.04. The second-order valence-electron chi connectivity index (χ2n) is 2.54. The van der Waals surface area contributed by atoms with E-state index in [0.29, 0.717) is 5.92 Å². The van der Waals surface area contributed by atoms with Crippen LogP contribution in [0, 0.1) is 5.92 Å². The number of ether oxygens (including phenoxy) is 1. The number of carbonyl (C=O) groups is 1. The summed E-state index contributed by atoms with van der Waals surface area (Å²) in [5.41, 5.74) is 0. The summed E-state index contributed by atoms with van der Waals surface area (Å²) in [6, 6.07) is 0. The number of hydrogen-bond acceptors (Lipinski definition) is 2. The third-order valence-corrected chi connectivity index (χ3v) is 1.16. The van der Waals surface area contributed by atoms with Gasteiger partial charge in [0, 0.05) is 7.11 Å². The molecule has 54 valence electrons. The van der Waals surface area contributed by atoms with E-state index in [1.165, 1.54) is 0 Å². The largest absolute Gasteiger partial charge is 0.374 e. The summed E-state index contributed by atoms with van der Waals surface area (Å²) in [6.07, 6.45) is 1.46. The van der Waals surface area contributed by atoms with Crippen LogP contribution in [0.4, 0.5) is 0 Å². The Labute approximate surface area is 56.2 Å². The fourth-order valence-corrected chi connectivity index (χ4v) is 0.672. The molecule has 0 aliphatic heterocycles. The highest BCUT2D eigenvalue weighted by Gasteiger charge is 2.06. The second kappa shape index (κ2) is 4.50. The molecule has 2 nitrogen and oxygen atoms in total. The van der Waals surface area contributed by atoms with Crippen molar-refractivity contribution in [3.05, 3.63) is 0 Å². The number of rotatable bonds is 4. The zero-order valence-electron chi connectivity index (χ0n) is 6.26. The van der Waals surface area contributed by atoms with Crippen LogP contribution in [0.2, 0.25) is 0 Å². The van der Waals surface area contributed by atoms with E-state index >= 15 is 0 Å². The summed E-state index contributed by atoms with van der Waals surface area (Å²) in [5, 5.41) is 0. The normalized spacial score (nSPS) is 13.8. The molecule has 0 aromatic heterocycles. The van der Waals surface area contributed by atoms with Crippen molar-refractivity contribution < 1.29 is 9.53 Å². The zero-order valence-corrected chi connectivity index (χ0v) is 6.26. The molecule has 0 aliphatic carbocycles. The van der Waals surface area contributed by atoms with Gasteiger partial charge in [-0.15, -0.1) is 0 Å². The molecule has 0 aliphatic rings. The van der Waals surface area contributed by atoms with Crippen LogP contribution < -0.4 is 0 Å². The Morgan fingerprint density at radius 2 is 2.11 bits per heavy atom. The third-order valence-electron chi connectivity index (χ3n) is 1.16. The zero-order chi connectivity index (χ0) is 7.28. The lowest BCUT2D eigenvalue weighted by Crippen LogP contribution is -2.14. The maximum absolute atomic E-state index is 10.1. The second-order valence-corrected chi connectivity index (χ2v) is 2.54. The van der Waals surface area contributed by atoms with E-state index in [1.807, 2.05) is 0 Å². The Kier molecular flexibility index (Phi) is 4.32. The molecule has 0 radical (unpaired) electrons. The highest BCUT2D eigenvalue weighted by molar-refractivity contribution is 5.55. The summed E-state index contributed by atoms with van der Waals surface area (Å²) >= 11 is 0. The van der Waals surface area contributed by atoms with Crippen LogP contribution in [0.25, 0.3) is 0 Å². The first-order valence-electron chi connectivity index (χ1n) is 3.18. The summed E-state index contributed by atoms with van der Waals surface area (Å²) in [6.45, 7) is 4.13. The summed E-state index contributed by atoms with van der Waals surface area (Å²) in [7, 11) is 1.56. The van der Waals surface area contributed by atoms with Crippen molar-refractivity contribution in [2.24, 2.45) is 5.92 Å². The first-order valence-corrected chi connectivity index (χ1v) is 3.18. The Morgan fingerprint density at radius 1 is 1.56 bits per heavy atom. The van der Waals surface area contributed by atoms with E-state index in [9.17, 15) is 4.79 Å². The van der Waals surface area contributed by atoms with E-state index in [-0.39, 0.29) is 6.10 Å². The van der Waals surface area contributed by atoms with Gasteiger partial charge in [0.1, 0.15) is 12.4 Å². The van der Waals surface area contributed by atoms with E-state index in [2.05, 4.69) is 13.8 Å². The highest BCUT2D eigenvalue weighted by atomic mass is 16.5. The molecule has 2 heteroatoms. The average molecular weight is 130 g/mol. The molecule has 0 aromatic carbocycles. The molecular formula is C7H14O2. The van der Waals surface area contributed by atoms with Crippen LogP contribution in [0.3, 0.4) is 0 Å². The summed E-state index contributed by atoms with van der Waals surface area (Å²) in [5.74, 6) is 0.528. The van der Waals surface area contributed by atoms with Crippen molar-refractivity contribution in [2.75, 3.05) is 7.11 Å². The number of aldehydes is 1. The number of methoxy groups -OCH3 is 1. The predicted molar refractivity (Wildman–Crippen MR) is 36.3 cm³/mol. The minimum Gasteiger partial charge on any atom is -0.374 e. The van der Waals surface area contributed by atoms with Crippen LogP contribution >= 0.6 is 0 Å². The molecule has 0 saturated carbocycles. The average Bonchev–Trinajstić information content (AvgIpc) is 1.82. The summed E-state index contributed by atoms with van der Waals surface area (Å²) in [4.78, 5) is 10.1. The minimum absolute atomic E-state index is 0.204. The fraction of sp³-hybridized carbons (Fsp3) is 0.857. The van der Waals surface area contributed by atoms with Crippen LogP contribution in [-0.4, -0.2) is 19.5 Å². The molecule has 0 rings (SSSR count).